The van der Waals surface area contributed by atoms with Crippen LogP contribution in [-0.2, 0) is 4.74 Å². The number of hydrogen-bond donors (Lipinski definition) is 1. The van der Waals surface area contributed by atoms with Gasteiger partial charge >= 0.3 is 5.97 Å². The van der Waals surface area contributed by atoms with E-state index >= 15 is 0 Å². The molecule has 4 heteroatoms. The smallest absolute Gasteiger partial charge is 0.340 e. The number of nitrogens with one attached hydrogen (secondary N) is 1. The van der Waals surface area contributed by atoms with Gasteiger partial charge in [-0.25, -0.2) is 4.79 Å². The highest BCUT2D eigenvalue weighted by molar-refractivity contribution is 6.31. The van der Waals surface area contributed by atoms with E-state index in [0.717, 1.165) is 24.6 Å². The third-order valence-electron chi connectivity index (χ3n) is 3.98. The van der Waals surface area contributed by atoms with Crippen molar-refractivity contribution in [1.29, 1.82) is 0 Å². The second-order valence-electron chi connectivity index (χ2n) is 5.40. The van der Waals surface area contributed by atoms with E-state index in [9.17, 15) is 4.79 Å². The lowest BCUT2D eigenvalue weighted by atomic mass is 9.87. The summed E-state index contributed by atoms with van der Waals surface area (Å²) in [5.41, 5.74) is 1.31. The van der Waals surface area contributed by atoms with Gasteiger partial charge in [0.25, 0.3) is 0 Å². The molecule has 0 heterocycles. The average Bonchev–Trinajstić information content (AvgIpc) is 2.49. The Balaban J connectivity index is 1.92. The predicted molar refractivity (Wildman–Crippen MR) is 82.5 cm³/mol. The minimum absolute atomic E-state index is 0.354. The first-order valence-electron chi connectivity index (χ1n) is 7.32. The lowest BCUT2D eigenvalue weighted by molar-refractivity contribution is 0.0602. The van der Waals surface area contributed by atoms with E-state index in [1.54, 1.807) is 12.1 Å². The molecule has 0 radical (unpaired) electrons. The quantitative estimate of drug-likeness (QED) is 0.812. The van der Waals surface area contributed by atoms with Crippen LogP contribution in [0.15, 0.2) is 18.2 Å². The third kappa shape index (κ3) is 4.14. The van der Waals surface area contributed by atoms with Gasteiger partial charge in [0.2, 0.25) is 0 Å². The number of anilines is 1. The van der Waals surface area contributed by atoms with Gasteiger partial charge in [-0.3, -0.25) is 0 Å². The average molecular weight is 296 g/mol. The minimum Gasteiger partial charge on any atom is -0.465 e. The van der Waals surface area contributed by atoms with E-state index < -0.39 is 0 Å². The predicted octanol–water partition coefficient (Wildman–Crippen LogP) is 4.51. The number of methoxy groups -OCH3 is 1. The number of benzene rings is 1. The second kappa shape index (κ2) is 7.53. The topological polar surface area (TPSA) is 38.3 Å². The lowest BCUT2D eigenvalue weighted by Gasteiger charge is -2.22. The van der Waals surface area contributed by atoms with Gasteiger partial charge < -0.3 is 10.1 Å². The maximum atomic E-state index is 11.7. The van der Waals surface area contributed by atoms with E-state index in [1.807, 2.05) is 6.07 Å². The second-order valence-corrected chi connectivity index (χ2v) is 5.84. The molecule has 1 saturated carbocycles. The first-order valence-corrected chi connectivity index (χ1v) is 7.70. The third-order valence-corrected chi connectivity index (χ3v) is 4.21. The Kier molecular flexibility index (Phi) is 5.72. The number of carbonyl (C=O) groups is 1. The van der Waals surface area contributed by atoms with Crippen LogP contribution in [0.1, 0.15) is 48.9 Å². The van der Waals surface area contributed by atoms with Gasteiger partial charge in [-0.2, -0.15) is 0 Å². The molecule has 0 aromatic heterocycles. The zero-order valence-electron chi connectivity index (χ0n) is 12.0. The lowest BCUT2D eigenvalue weighted by Crippen LogP contribution is -2.14. The fraction of sp³-hybridized carbons (Fsp3) is 0.562. The van der Waals surface area contributed by atoms with Crippen molar-refractivity contribution in [3.05, 3.63) is 28.8 Å². The van der Waals surface area contributed by atoms with Crippen LogP contribution in [0.3, 0.4) is 0 Å². The maximum Gasteiger partial charge on any atom is 0.340 e. The molecule has 3 nitrogen and oxygen atoms in total. The summed E-state index contributed by atoms with van der Waals surface area (Å²) in [6.45, 7) is 0.885. The first-order chi connectivity index (χ1) is 9.70. The molecular weight excluding hydrogens is 274 g/mol. The van der Waals surface area contributed by atoms with Crippen molar-refractivity contribution in [2.75, 3.05) is 19.0 Å². The molecule has 1 aromatic carbocycles. The molecule has 0 unspecified atom stereocenters. The van der Waals surface area contributed by atoms with E-state index in [-0.39, 0.29) is 5.97 Å². The van der Waals surface area contributed by atoms with E-state index in [2.05, 4.69) is 5.32 Å². The zero-order chi connectivity index (χ0) is 14.4. The van der Waals surface area contributed by atoms with Crippen molar-refractivity contribution in [1.82, 2.24) is 0 Å². The number of carbonyl (C=O) groups excluding carboxylic acids is 1. The van der Waals surface area contributed by atoms with Crippen LogP contribution in [0.25, 0.3) is 0 Å². The Morgan fingerprint density at radius 3 is 2.80 bits per heavy atom. The molecule has 0 amide bonds. The SMILES string of the molecule is COC(=O)c1cc(Cl)ccc1NCCC1CCCCC1. The molecule has 2 rings (SSSR count). The van der Waals surface area contributed by atoms with Crippen LogP contribution in [0, 0.1) is 5.92 Å². The molecule has 0 aliphatic heterocycles. The molecular formula is C16H22ClNO2. The van der Waals surface area contributed by atoms with Gasteiger partial charge in [-0.15, -0.1) is 0 Å². The minimum atomic E-state index is -0.354. The van der Waals surface area contributed by atoms with E-state index in [0.29, 0.717) is 10.6 Å². The number of ether oxygens (including phenoxy) is 1. The van der Waals surface area contributed by atoms with Crippen LogP contribution in [0.5, 0.6) is 0 Å². The van der Waals surface area contributed by atoms with Gasteiger partial charge in [0.05, 0.1) is 12.7 Å². The molecule has 0 bridgehead atoms. The Hall–Kier alpha value is -1.22. The normalized spacial score (nSPS) is 15.9. The number of halogens is 1. The van der Waals surface area contributed by atoms with Crippen molar-refractivity contribution in [2.24, 2.45) is 5.92 Å². The monoisotopic (exact) mass is 295 g/mol. The summed E-state index contributed by atoms with van der Waals surface area (Å²) in [6, 6.07) is 5.28. The summed E-state index contributed by atoms with van der Waals surface area (Å²) in [6.07, 6.45) is 7.94. The number of hydrogen-bond acceptors (Lipinski definition) is 3. The summed E-state index contributed by atoms with van der Waals surface area (Å²) in [5.74, 6) is 0.470. The highest BCUT2D eigenvalue weighted by Crippen LogP contribution is 2.27. The number of esters is 1. The molecule has 1 N–H and O–H groups in total. The summed E-state index contributed by atoms with van der Waals surface area (Å²) in [4.78, 5) is 11.7. The van der Waals surface area contributed by atoms with Crippen molar-refractivity contribution in [3.8, 4) is 0 Å². The molecule has 0 saturated heterocycles. The fourth-order valence-corrected chi connectivity index (χ4v) is 3.01. The molecule has 20 heavy (non-hydrogen) atoms. The van der Waals surface area contributed by atoms with Crippen molar-refractivity contribution < 1.29 is 9.53 Å². The van der Waals surface area contributed by atoms with Gasteiger partial charge in [0.15, 0.2) is 0 Å². The fourth-order valence-electron chi connectivity index (χ4n) is 2.84. The van der Waals surface area contributed by atoms with Crippen molar-refractivity contribution in [2.45, 2.75) is 38.5 Å². The molecule has 1 aliphatic rings. The Labute approximate surface area is 125 Å². The molecule has 0 spiro atoms. The molecule has 1 aromatic rings. The van der Waals surface area contributed by atoms with Crippen LogP contribution >= 0.6 is 11.6 Å². The molecule has 110 valence electrons. The van der Waals surface area contributed by atoms with E-state index in [4.69, 9.17) is 16.3 Å². The van der Waals surface area contributed by atoms with E-state index in [1.165, 1.54) is 39.2 Å². The maximum absolute atomic E-state index is 11.7. The van der Waals surface area contributed by atoms with Crippen molar-refractivity contribution in [3.63, 3.8) is 0 Å². The van der Waals surface area contributed by atoms with Crippen LogP contribution in [0.4, 0.5) is 5.69 Å². The highest BCUT2D eigenvalue weighted by atomic mass is 35.5. The van der Waals surface area contributed by atoms with Gasteiger partial charge in [0, 0.05) is 17.3 Å². The Morgan fingerprint density at radius 1 is 1.35 bits per heavy atom. The summed E-state index contributed by atoms with van der Waals surface area (Å²) >= 11 is 5.94. The largest absolute Gasteiger partial charge is 0.465 e. The summed E-state index contributed by atoms with van der Waals surface area (Å²) < 4.78 is 4.79. The summed E-state index contributed by atoms with van der Waals surface area (Å²) in [7, 11) is 1.38. The molecule has 1 fully saturated rings. The van der Waals surface area contributed by atoms with Crippen LogP contribution in [-0.4, -0.2) is 19.6 Å². The van der Waals surface area contributed by atoms with Gasteiger partial charge in [-0.1, -0.05) is 43.7 Å². The van der Waals surface area contributed by atoms with Gasteiger partial charge in [-0.05, 0) is 30.5 Å². The van der Waals surface area contributed by atoms with Crippen LogP contribution < -0.4 is 5.32 Å². The Bertz CT molecular complexity index is 456. The summed E-state index contributed by atoms with van der Waals surface area (Å²) in [5, 5.41) is 3.89. The van der Waals surface area contributed by atoms with Crippen molar-refractivity contribution >= 4 is 23.3 Å². The zero-order valence-corrected chi connectivity index (χ0v) is 12.7. The first kappa shape index (κ1) is 15.2. The molecule has 1 aliphatic carbocycles. The Morgan fingerprint density at radius 2 is 2.10 bits per heavy atom. The standard InChI is InChI=1S/C16H22ClNO2/c1-20-16(19)14-11-13(17)7-8-15(14)18-10-9-12-5-3-2-4-6-12/h7-8,11-12,18H,2-6,9-10H2,1H3. The number of rotatable bonds is 5. The van der Waals surface area contributed by atoms with Crippen LogP contribution in [0.2, 0.25) is 5.02 Å². The molecule has 0 atom stereocenters. The highest BCUT2D eigenvalue weighted by Gasteiger charge is 2.15. The van der Waals surface area contributed by atoms with Gasteiger partial charge in [0.1, 0.15) is 0 Å².